The molecule has 6 heteroatoms. The average Bonchev–Trinajstić information content (AvgIpc) is 2.35. The lowest BCUT2D eigenvalue weighted by molar-refractivity contribution is 0.533. The van der Waals surface area contributed by atoms with Gasteiger partial charge in [-0.15, -0.1) is 0 Å². The number of thiocarbonyl (C=S) groups is 1. The van der Waals surface area contributed by atoms with Gasteiger partial charge in [0.25, 0.3) is 0 Å². The van der Waals surface area contributed by atoms with Gasteiger partial charge >= 0.3 is 0 Å². The molecule has 4 nitrogen and oxygen atoms in total. The fourth-order valence-electron chi connectivity index (χ4n) is 1.90. The molecule has 0 fully saturated rings. The number of hydrogen-bond donors (Lipinski definition) is 2. The van der Waals surface area contributed by atoms with Crippen molar-refractivity contribution in [2.75, 3.05) is 0 Å². The molecule has 0 radical (unpaired) electrons. The van der Waals surface area contributed by atoms with E-state index >= 15 is 0 Å². The third-order valence-corrected chi connectivity index (χ3v) is 4.68. The molecule has 0 aliphatic rings. The Kier molecular flexibility index (Phi) is 6.58. The Hall–Kier alpha value is -0.980. The normalized spacial score (nSPS) is 13.1. The highest BCUT2D eigenvalue weighted by Crippen LogP contribution is 2.09. The molecule has 1 atom stereocenters. The predicted molar refractivity (Wildman–Crippen MR) is 87.1 cm³/mol. The van der Waals surface area contributed by atoms with Crippen LogP contribution in [0.1, 0.15) is 44.2 Å². The highest BCUT2D eigenvalue weighted by Gasteiger charge is 2.15. The molecule has 20 heavy (non-hydrogen) atoms. The summed E-state index contributed by atoms with van der Waals surface area (Å²) in [5.74, 6) is -0.0267. The van der Waals surface area contributed by atoms with Crippen molar-refractivity contribution >= 4 is 27.2 Å². The Bertz CT molecular complexity index is 539. The first-order chi connectivity index (χ1) is 9.34. The summed E-state index contributed by atoms with van der Waals surface area (Å²) in [4.78, 5) is 0.311. The number of sulfonamides is 1. The molecule has 1 unspecified atom stereocenters. The third-order valence-electron chi connectivity index (χ3n) is 2.97. The maximum absolute atomic E-state index is 12.0. The fourth-order valence-corrected chi connectivity index (χ4v) is 3.48. The molecule has 0 heterocycles. The lowest BCUT2D eigenvalue weighted by atomic mass is 10.1. The van der Waals surface area contributed by atoms with E-state index in [0.717, 1.165) is 30.4 Å². The number of benzene rings is 1. The SMILES string of the molecule is CCCCC(C)NS(=O)(=O)Cc1ccc(C(N)=S)cc1. The van der Waals surface area contributed by atoms with Gasteiger partial charge in [-0.05, 0) is 18.9 Å². The highest BCUT2D eigenvalue weighted by molar-refractivity contribution is 7.88. The van der Waals surface area contributed by atoms with Gasteiger partial charge in [-0.3, -0.25) is 0 Å². The number of nitrogens with two attached hydrogens (primary N) is 1. The first kappa shape index (κ1) is 17.1. The second-order valence-electron chi connectivity index (χ2n) is 4.98. The Morgan fingerprint density at radius 3 is 2.45 bits per heavy atom. The zero-order chi connectivity index (χ0) is 15.2. The van der Waals surface area contributed by atoms with Gasteiger partial charge in [-0.2, -0.15) is 0 Å². The zero-order valence-corrected chi connectivity index (χ0v) is 13.6. The van der Waals surface area contributed by atoms with Crippen LogP contribution in [-0.2, 0) is 15.8 Å². The van der Waals surface area contributed by atoms with Crippen molar-refractivity contribution < 1.29 is 8.42 Å². The lowest BCUT2D eigenvalue weighted by Crippen LogP contribution is -2.33. The largest absolute Gasteiger partial charge is 0.389 e. The summed E-state index contributed by atoms with van der Waals surface area (Å²) < 4.78 is 26.8. The van der Waals surface area contributed by atoms with E-state index in [1.807, 2.05) is 6.92 Å². The van der Waals surface area contributed by atoms with Crippen molar-refractivity contribution in [3.63, 3.8) is 0 Å². The zero-order valence-electron chi connectivity index (χ0n) is 11.9. The Labute approximate surface area is 126 Å². The van der Waals surface area contributed by atoms with Gasteiger partial charge in [0.2, 0.25) is 10.0 Å². The van der Waals surface area contributed by atoms with Crippen LogP contribution >= 0.6 is 12.2 Å². The molecule has 1 aromatic rings. The molecule has 0 saturated heterocycles. The number of rotatable bonds is 8. The van der Waals surface area contributed by atoms with Crippen molar-refractivity contribution in [3.05, 3.63) is 35.4 Å². The molecule has 3 N–H and O–H groups in total. The minimum Gasteiger partial charge on any atom is -0.389 e. The van der Waals surface area contributed by atoms with Gasteiger partial charge in [-0.25, -0.2) is 13.1 Å². The molecule has 0 saturated carbocycles. The summed E-state index contributed by atoms with van der Waals surface area (Å²) in [5.41, 5.74) is 6.97. The van der Waals surface area contributed by atoms with Crippen LogP contribution in [0.4, 0.5) is 0 Å². The summed E-state index contributed by atoms with van der Waals surface area (Å²) in [5, 5.41) is 0. The molecule has 0 amide bonds. The van der Waals surface area contributed by atoms with Gasteiger partial charge in [0, 0.05) is 11.6 Å². The summed E-state index contributed by atoms with van der Waals surface area (Å²) in [7, 11) is -3.31. The van der Waals surface area contributed by atoms with E-state index in [4.69, 9.17) is 18.0 Å². The topological polar surface area (TPSA) is 72.2 Å². The van der Waals surface area contributed by atoms with Gasteiger partial charge in [-0.1, -0.05) is 56.2 Å². The molecule has 1 rings (SSSR count). The first-order valence-corrected chi connectivity index (χ1v) is 8.79. The van der Waals surface area contributed by atoms with Crippen LogP contribution in [-0.4, -0.2) is 19.4 Å². The van der Waals surface area contributed by atoms with Crippen LogP contribution < -0.4 is 10.5 Å². The lowest BCUT2D eigenvalue weighted by Gasteiger charge is -2.13. The summed E-state index contributed by atoms with van der Waals surface area (Å²) >= 11 is 4.86. The van der Waals surface area contributed by atoms with Gasteiger partial charge in [0.05, 0.1) is 5.75 Å². The summed E-state index contributed by atoms with van der Waals surface area (Å²) in [6.07, 6.45) is 2.94. The minimum atomic E-state index is -3.31. The summed E-state index contributed by atoms with van der Waals surface area (Å²) in [6.45, 7) is 3.98. The van der Waals surface area contributed by atoms with Gasteiger partial charge in [0.1, 0.15) is 4.99 Å². The second kappa shape index (κ2) is 7.71. The minimum absolute atomic E-state index is 0.0267. The van der Waals surface area contributed by atoms with Crippen molar-refractivity contribution in [3.8, 4) is 0 Å². The maximum atomic E-state index is 12.0. The van der Waals surface area contributed by atoms with Crippen LogP contribution in [0.25, 0.3) is 0 Å². The van der Waals surface area contributed by atoms with E-state index in [-0.39, 0.29) is 11.8 Å². The number of unbranched alkanes of at least 4 members (excludes halogenated alkanes) is 1. The molecule has 0 bridgehead atoms. The predicted octanol–water partition coefficient (Wildman–Crippen LogP) is 2.32. The fraction of sp³-hybridized carbons (Fsp3) is 0.500. The molecular weight excluding hydrogens is 292 g/mol. The monoisotopic (exact) mass is 314 g/mol. The van der Waals surface area contributed by atoms with E-state index in [2.05, 4.69) is 11.6 Å². The average molecular weight is 314 g/mol. The molecule has 112 valence electrons. The number of hydrogen-bond acceptors (Lipinski definition) is 3. The van der Waals surface area contributed by atoms with E-state index in [1.54, 1.807) is 24.3 Å². The van der Waals surface area contributed by atoms with E-state index < -0.39 is 10.0 Å². The van der Waals surface area contributed by atoms with Crippen molar-refractivity contribution in [1.29, 1.82) is 0 Å². The van der Waals surface area contributed by atoms with Gasteiger partial charge in [0.15, 0.2) is 0 Å². The Morgan fingerprint density at radius 1 is 1.35 bits per heavy atom. The van der Waals surface area contributed by atoms with Crippen LogP contribution in [0.2, 0.25) is 0 Å². The molecular formula is C14H22N2O2S2. The summed E-state index contributed by atoms with van der Waals surface area (Å²) in [6, 6.07) is 6.94. The van der Waals surface area contributed by atoms with E-state index in [9.17, 15) is 8.42 Å². The Morgan fingerprint density at radius 2 is 1.95 bits per heavy atom. The third kappa shape index (κ3) is 5.98. The van der Waals surface area contributed by atoms with Crippen molar-refractivity contribution in [2.45, 2.75) is 44.9 Å². The maximum Gasteiger partial charge on any atom is 0.216 e. The quantitative estimate of drug-likeness (QED) is 0.722. The van der Waals surface area contributed by atoms with Crippen LogP contribution in [0.15, 0.2) is 24.3 Å². The molecule has 1 aromatic carbocycles. The molecule has 0 aliphatic heterocycles. The second-order valence-corrected chi connectivity index (χ2v) is 7.18. The van der Waals surface area contributed by atoms with Crippen molar-refractivity contribution in [2.24, 2.45) is 5.73 Å². The standard InChI is InChI=1S/C14H22N2O2S2/c1-3-4-5-11(2)16-20(17,18)10-12-6-8-13(9-7-12)14(15)19/h6-9,11,16H,3-5,10H2,1-2H3,(H2,15,19). The van der Waals surface area contributed by atoms with E-state index in [0.29, 0.717) is 4.99 Å². The molecule has 0 aliphatic carbocycles. The van der Waals surface area contributed by atoms with Crippen molar-refractivity contribution in [1.82, 2.24) is 4.72 Å². The molecule has 0 spiro atoms. The van der Waals surface area contributed by atoms with Crippen LogP contribution in [0.3, 0.4) is 0 Å². The smallest absolute Gasteiger partial charge is 0.216 e. The van der Waals surface area contributed by atoms with Crippen LogP contribution in [0, 0.1) is 0 Å². The molecule has 0 aromatic heterocycles. The Balaban J connectivity index is 2.64. The van der Waals surface area contributed by atoms with Crippen LogP contribution in [0.5, 0.6) is 0 Å². The first-order valence-electron chi connectivity index (χ1n) is 6.73. The highest BCUT2D eigenvalue weighted by atomic mass is 32.2. The van der Waals surface area contributed by atoms with Gasteiger partial charge < -0.3 is 5.73 Å². The number of nitrogens with one attached hydrogen (secondary N) is 1. The van der Waals surface area contributed by atoms with E-state index in [1.165, 1.54) is 0 Å².